The van der Waals surface area contributed by atoms with E-state index < -0.39 is 17.4 Å². The second-order valence-corrected chi connectivity index (χ2v) is 8.00. The molecule has 1 spiro atoms. The summed E-state index contributed by atoms with van der Waals surface area (Å²) in [6.07, 6.45) is 6.45. The van der Waals surface area contributed by atoms with Gasteiger partial charge in [-0.05, 0) is 34.5 Å². The van der Waals surface area contributed by atoms with Crippen LogP contribution in [0.25, 0.3) is 0 Å². The average molecular weight is 420 g/mol. The Hall–Kier alpha value is -1.66. The lowest BCUT2D eigenvalue weighted by atomic mass is 9.77. The second-order valence-electron chi connectivity index (χ2n) is 7.15. The number of halogens is 1. The molecule has 0 unspecified atom stereocenters. The van der Waals surface area contributed by atoms with Gasteiger partial charge in [0.25, 0.3) is 0 Å². The van der Waals surface area contributed by atoms with Gasteiger partial charge in [-0.15, -0.1) is 0 Å². The first kappa shape index (κ1) is 17.7. The van der Waals surface area contributed by atoms with Crippen LogP contribution in [0.1, 0.15) is 26.2 Å². The van der Waals surface area contributed by atoms with Crippen molar-refractivity contribution in [2.24, 2.45) is 11.8 Å². The third-order valence-corrected chi connectivity index (χ3v) is 6.18. The Balaban J connectivity index is 1.56. The maximum absolute atomic E-state index is 13.2. The predicted octanol–water partition coefficient (Wildman–Crippen LogP) is 3.47. The van der Waals surface area contributed by atoms with E-state index >= 15 is 0 Å². The lowest BCUT2D eigenvalue weighted by molar-refractivity contribution is -0.152. The molecule has 3 aliphatic rings. The van der Waals surface area contributed by atoms with Crippen LogP contribution in [0.5, 0.6) is 0 Å². The Morgan fingerprint density at radius 3 is 2.96 bits per heavy atom. The monoisotopic (exact) mass is 419 g/mol. The molecular formula is C20H22BrNO4. The number of ether oxygens (including phenoxy) is 2. The molecule has 1 aromatic rings. The Kier molecular flexibility index (Phi) is 4.65. The number of unbranched alkanes of at least 4 members (excludes halogenated alkanes) is 2. The van der Waals surface area contributed by atoms with E-state index in [4.69, 9.17) is 9.47 Å². The van der Waals surface area contributed by atoms with Gasteiger partial charge in [0, 0.05) is 4.47 Å². The minimum absolute atomic E-state index is 0.0701. The Bertz CT molecular complexity index is 764. The van der Waals surface area contributed by atoms with Gasteiger partial charge in [0.15, 0.2) is 0 Å². The van der Waals surface area contributed by atoms with Gasteiger partial charge >= 0.3 is 5.97 Å². The van der Waals surface area contributed by atoms with Crippen molar-refractivity contribution in [1.29, 1.82) is 0 Å². The largest absolute Gasteiger partial charge is 0.465 e. The van der Waals surface area contributed by atoms with Gasteiger partial charge in [-0.1, -0.05) is 44.1 Å². The SMILES string of the molecule is CCCCCOC(=O)[C@H]1[C@H]2C=C[C@@]3(CN(c4ccccc4Br)C(=O)[C@@H]13)O2. The highest BCUT2D eigenvalue weighted by molar-refractivity contribution is 9.10. The average Bonchev–Trinajstić information content (AvgIpc) is 3.27. The van der Waals surface area contributed by atoms with Crippen LogP contribution in [0.15, 0.2) is 40.9 Å². The molecule has 0 aliphatic carbocycles. The van der Waals surface area contributed by atoms with Crippen molar-refractivity contribution in [2.45, 2.75) is 37.9 Å². The molecule has 2 bridgehead atoms. The summed E-state index contributed by atoms with van der Waals surface area (Å²) in [6.45, 7) is 2.93. The number of hydrogen-bond donors (Lipinski definition) is 0. The fourth-order valence-corrected chi connectivity index (χ4v) is 4.76. The molecule has 4 rings (SSSR count). The van der Waals surface area contributed by atoms with Gasteiger partial charge in [0.2, 0.25) is 5.91 Å². The normalized spacial score (nSPS) is 31.5. The fraction of sp³-hybridized carbons (Fsp3) is 0.500. The van der Waals surface area contributed by atoms with Crippen LogP contribution < -0.4 is 4.90 Å². The van der Waals surface area contributed by atoms with E-state index in [1.165, 1.54) is 0 Å². The summed E-state index contributed by atoms with van der Waals surface area (Å²) in [5, 5.41) is 0. The number of anilines is 1. The topological polar surface area (TPSA) is 55.8 Å². The molecule has 0 N–H and O–H groups in total. The van der Waals surface area contributed by atoms with Crippen molar-refractivity contribution < 1.29 is 19.1 Å². The molecule has 138 valence electrons. The van der Waals surface area contributed by atoms with Crippen LogP contribution in [0.4, 0.5) is 5.69 Å². The van der Waals surface area contributed by atoms with E-state index in [1.807, 2.05) is 36.4 Å². The molecule has 4 atom stereocenters. The molecule has 26 heavy (non-hydrogen) atoms. The molecule has 5 nitrogen and oxygen atoms in total. The van der Waals surface area contributed by atoms with E-state index in [1.54, 1.807) is 4.90 Å². The van der Waals surface area contributed by atoms with Crippen molar-refractivity contribution >= 4 is 33.5 Å². The summed E-state index contributed by atoms with van der Waals surface area (Å²) in [5.74, 6) is -1.45. The van der Waals surface area contributed by atoms with Crippen molar-refractivity contribution in [3.63, 3.8) is 0 Å². The van der Waals surface area contributed by atoms with E-state index in [0.29, 0.717) is 13.2 Å². The number of amides is 1. The Labute approximate surface area is 161 Å². The third-order valence-electron chi connectivity index (χ3n) is 5.51. The van der Waals surface area contributed by atoms with Crippen LogP contribution in [0, 0.1) is 11.8 Å². The maximum atomic E-state index is 13.2. The zero-order chi connectivity index (χ0) is 18.3. The predicted molar refractivity (Wildman–Crippen MR) is 101 cm³/mol. The summed E-state index contributed by atoms with van der Waals surface area (Å²) in [4.78, 5) is 27.6. The number of rotatable bonds is 6. The van der Waals surface area contributed by atoms with E-state index in [0.717, 1.165) is 29.4 Å². The van der Waals surface area contributed by atoms with Crippen LogP contribution in [-0.2, 0) is 19.1 Å². The van der Waals surface area contributed by atoms with Gasteiger partial charge in [-0.3, -0.25) is 9.59 Å². The number of carbonyl (C=O) groups excluding carboxylic acids is 2. The first-order valence-electron chi connectivity index (χ1n) is 9.17. The summed E-state index contributed by atoms with van der Waals surface area (Å²) in [5.41, 5.74) is 0.0845. The smallest absolute Gasteiger partial charge is 0.312 e. The second kappa shape index (κ2) is 6.82. The summed E-state index contributed by atoms with van der Waals surface area (Å²) in [7, 11) is 0. The number of nitrogens with zero attached hydrogens (tertiary/aromatic N) is 1. The van der Waals surface area contributed by atoms with Gasteiger partial charge in [0.05, 0.1) is 30.9 Å². The lowest BCUT2D eigenvalue weighted by Gasteiger charge is -2.22. The molecule has 0 aromatic heterocycles. The van der Waals surface area contributed by atoms with Crippen molar-refractivity contribution in [3.05, 3.63) is 40.9 Å². The molecule has 0 saturated carbocycles. The molecule has 6 heteroatoms. The van der Waals surface area contributed by atoms with Crippen LogP contribution in [0.3, 0.4) is 0 Å². The van der Waals surface area contributed by atoms with E-state index in [2.05, 4.69) is 22.9 Å². The number of benzene rings is 1. The zero-order valence-electron chi connectivity index (χ0n) is 14.7. The molecule has 0 radical (unpaired) electrons. The summed E-state index contributed by atoms with van der Waals surface area (Å²) < 4.78 is 12.4. The van der Waals surface area contributed by atoms with Gasteiger partial charge in [-0.2, -0.15) is 0 Å². The van der Waals surface area contributed by atoms with Gasteiger partial charge in [0.1, 0.15) is 11.5 Å². The van der Waals surface area contributed by atoms with Gasteiger partial charge < -0.3 is 14.4 Å². The number of esters is 1. The lowest BCUT2D eigenvalue weighted by Crippen LogP contribution is -2.40. The van der Waals surface area contributed by atoms with Crippen molar-refractivity contribution in [2.75, 3.05) is 18.1 Å². The van der Waals surface area contributed by atoms with Gasteiger partial charge in [-0.25, -0.2) is 0 Å². The highest BCUT2D eigenvalue weighted by Crippen LogP contribution is 2.53. The first-order valence-corrected chi connectivity index (χ1v) is 9.96. The fourth-order valence-electron chi connectivity index (χ4n) is 4.26. The van der Waals surface area contributed by atoms with Crippen molar-refractivity contribution in [3.8, 4) is 0 Å². The molecule has 1 aromatic carbocycles. The Morgan fingerprint density at radius 2 is 2.19 bits per heavy atom. The van der Waals surface area contributed by atoms with Crippen LogP contribution in [0.2, 0.25) is 0 Å². The Morgan fingerprint density at radius 1 is 1.38 bits per heavy atom. The number of hydrogen-bond acceptors (Lipinski definition) is 4. The maximum Gasteiger partial charge on any atom is 0.312 e. The standard InChI is InChI=1S/C20H22BrNO4/c1-2-3-6-11-25-19(24)16-15-9-10-20(26-15)12-22(18(23)17(16)20)14-8-5-4-7-13(14)21/h4-5,7-10,15-17H,2-3,6,11-12H2,1H3/t15-,16+,17-,20+/m1/s1. The van der Waals surface area contributed by atoms with E-state index in [-0.39, 0.29) is 18.0 Å². The molecular weight excluding hydrogens is 398 g/mol. The molecule has 2 saturated heterocycles. The summed E-state index contributed by atoms with van der Waals surface area (Å²) >= 11 is 3.51. The highest BCUT2D eigenvalue weighted by Gasteiger charge is 2.67. The number of para-hydroxylation sites is 1. The summed E-state index contributed by atoms with van der Waals surface area (Å²) in [6, 6.07) is 7.61. The number of fused-ring (bicyclic) bond motifs is 1. The molecule has 2 fully saturated rings. The minimum atomic E-state index is -0.718. The van der Waals surface area contributed by atoms with E-state index in [9.17, 15) is 9.59 Å². The van der Waals surface area contributed by atoms with Crippen LogP contribution >= 0.6 is 15.9 Å². The zero-order valence-corrected chi connectivity index (χ0v) is 16.3. The third kappa shape index (κ3) is 2.70. The molecule has 1 amide bonds. The highest BCUT2D eigenvalue weighted by atomic mass is 79.9. The number of carbonyl (C=O) groups is 2. The van der Waals surface area contributed by atoms with Crippen molar-refractivity contribution in [1.82, 2.24) is 0 Å². The first-order chi connectivity index (χ1) is 12.6. The minimum Gasteiger partial charge on any atom is -0.465 e. The quantitative estimate of drug-likeness (QED) is 0.402. The molecule has 3 aliphatic heterocycles. The van der Waals surface area contributed by atoms with Crippen LogP contribution in [-0.4, -0.2) is 36.7 Å². The molecule has 3 heterocycles.